The van der Waals surface area contributed by atoms with Crippen LogP contribution in [0.4, 0.5) is 0 Å². The van der Waals surface area contributed by atoms with Gasteiger partial charge in [0.25, 0.3) is 0 Å². The summed E-state index contributed by atoms with van der Waals surface area (Å²) in [6, 6.07) is 0. The highest BCUT2D eigenvalue weighted by molar-refractivity contribution is 6.53. The molecule has 0 aliphatic carbocycles. The first kappa shape index (κ1) is 18.1. The molecular formula is C13H30O4Si. The van der Waals surface area contributed by atoms with Crippen molar-refractivity contribution in [1.82, 2.24) is 0 Å². The Kier molecular flexibility index (Phi) is 9.95. The summed E-state index contributed by atoms with van der Waals surface area (Å²) in [5, 5.41) is 0. The third-order valence-electron chi connectivity index (χ3n) is 2.94. The molecule has 2 unspecified atom stereocenters. The van der Waals surface area contributed by atoms with Crippen LogP contribution in [-0.4, -0.2) is 35.0 Å². The van der Waals surface area contributed by atoms with Crippen LogP contribution in [0.15, 0.2) is 0 Å². The highest BCUT2D eigenvalue weighted by atomic mass is 28.4. The second-order valence-corrected chi connectivity index (χ2v) is 6.35. The molecule has 0 aliphatic rings. The number of hydrogen-bond donors (Lipinski definition) is 0. The van der Waals surface area contributed by atoms with E-state index < -0.39 is 9.05 Å². The van der Waals surface area contributed by atoms with Crippen LogP contribution >= 0.6 is 0 Å². The molecule has 0 N–H and O–H groups in total. The first-order valence-corrected chi connectivity index (χ1v) is 8.81. The van der Waals surface area contributed by atoms with Crippen molar-refractivity contribution in [1.29, 1.82) is 0 Å². The van der Waals surface area contributed by atoms with E-state index in [0.717, 1.165) is 12.8 Å². The molecule has 5 heteroatoms. The van der Waals surface area contributed by atoms with Crippen molar-refractivity contribution in [3.8, 4) is 0 Å². The van der Waals surface area contributed by atoms with Gasteiger partial charge in [-0.3, -0.25) is 0 Å². The van der Waals surface area contributed by atoms with E-state index in [0.29, 0.717) is 25.7 Å². The summed E-state index contributed by atoms with van der Waals surface area (Å²) < 4.78 is 23.3. The van der Waals surface area contributed by atoms with Gasteiger partial charge in [0.15, 0.2) is 0 Å². The van der Waals surface area contributed by atoms with Crippen LogP contribution in [0, 0.1) is 5.92 Å². The van der Waals surface area contributed by atoms with Crippen molar-refractivity contribution in [3.63, 3.8) is 0 Å². The zero-order valence-electron chi connectivity index (χ0n) is 12.8. The molecule has 0 radical (unpaired) electrons. The normalized spacial score (nSPS) is 15.7. The van der Waals surface area contributed by atoms with E-state index >= 15 is 0 Å². The van der Waals surface area contributed by atoms with Crippen molar-refractivity contribution in [2.75, 3.05) is 19.8 Å². The summed E-state index contributed by atoms with van der Waals surface area (Å²) in [5.74, 6) is 0.475. The maximum Gasteiger partial charge on any atom is 0.679 e. The van der Waals surface area contributed by atoms with Gasteiger partial charge in [0.05, 0.1) is 6.10 Å². The number of rotatable bonds is 11. The smallest absolute Gasteiger partial charge is 0.351 e. The molecule has 0 aromatic rings. The lowest BCUT2D eigenvalue weighted by molar-refractivity contribution is -0.0626. The van der Waals surface area contributed by atoms with Gasteiger partial charge in [0.1, 0.15) is 0 Å². The molecule has 110 valence electrons. The van der Waals surface area contributed by atoms with E-state index in [9.17, 15) is 0 Å². The van der Waals surface area contributed by atoms with Crippen LogP contribution in [0.5, 0.6) is 0 Å². The average molecular weight is 278 g/mol. The van der Waals surface area contributed by atoms with E-state index in [2.05, 4.69) is 20.8 Å². The maximum absolute atomic E-state index is 6.13. The van der Waals surface area contributed by atoms with E-state index in [1.54, 1.807) is 0 Å². The summed E-state index contributed by atoms with van der Waals surface area (Å²) in [5.41, 5.74) is 0. The van der Waals surface area contributed by atoms with Gasteiger partial charge in [-0.25, -0.2) is 0 Å². The molecule has 0 aromatic heterocycles. The Balaban J connectivity index is 4.80. The van der Waals surface area contributed by atoms with Gasteiger partial charge in [0.2, 0.25) is 0 Å². The topological polar surface area (TPSA) is 36.9 Å². The third-order valence-corrected chi connectivity index (χ3v) is 5.46. The molecule has 0 bridgehead atoms. The van der Waals surface area contributed by atoms with Gasteiger partial charge >= 0.3 is 9.05 Å². The Bertz CT molecular complexity index is 184. The third kappa shape index (κ3) is 5.80. The van der Waals surface area contributed by atoms with E-state index in [1.807, 2.05) is 20.8 Å². The van der Waals surface area contributed by atoms with Crippen LogP contribution < -0.4 is 0 Å². The lowest BCUT2D eigenvalue weighted by Crippen LogP contribution is -2.52. The standard InChI is InChI=1S/C13H30O4Si/c1-7-12(6)13(8-2)17-18(14-9-3,15-10-4)16-11-5/h12-13H,7-11H2,1-6H3. The van der Waals surface area contributed by atoms with Gasteiger partial charge in [0, 0.05) is 19.8 Å². The quantitative estimate of drug-likeness (QED) is 0.543. The lowest BCUT2D eigenvalue weighted by Gasteiger charge is -2.33. The minimum atomic E-state index is -2.96. The van der Waals surface area contributed by atoms with Gasteiger partial charge in [-0.2, -0.15) is 0 Å². The van der Waals surface area contributed by atoms with Crippen molar-refractivity contribution < 1.29 is 17.7 Å². The second kappa shape index (κ2) is 9.92. The summed E-state index contributed by atoms with van der Waals surface area (Å²) in [4.78, 5) is 0. The highest BCUT2D eigenvalue weighted by Crippen LogP contribution is 2.22. The molecule has 0 amide bonds. The molecule has 0 heterocycles. The molecule has 2 atom stereocenters. The SMILES string of the molecule is CCO[Si](OCC)(OCC)OC(CC)C(C)CC. The van der Waals surface area contributed by atoms with Crippen LogP contribution in [0.3, 0.4) is 0 Å². The summed E-state index contributed by atoms with van der Waals surface area (Å²) in [7, 11) is -2.96. The summed E-state index contributed by atoms with van der Waals surface area (Å²) >= 11 is 0. The molecule has 0 fully saturated rings. The molecule has 0 rings (SSSR count). The molecular weight excluding hydrogens is 248 g/mol. The van der Waals surface area contributed by atoms with Crippen LogP contribution in [0.1, 0.15) is 54.4 Å². The Morgan fingerprint density at radius 1 is 0.778 bits per heavy atom. The van der Waals surface area contributed by atoms with E-state index in [1.165, 1.54) is 0 Å². The lowest BCUT2D eigenvalue weighted by atomic mass is 10.0. The van der Waals surface area contributed by atoms with Crippen LogP contribution in [-0.2, 0) is 17.7 Å². The fourth-order valence-corrected chi connectivity index (χ4v) is 4.09. The van der Waals surface area contributed by atoms with Gasteiger partial charge in [-0.1, -0.05) is 27.2 Å². The van der Waals surface area contributed by atoms with Crippen molar-refractivity contribution in [2.24, 2.45) is 5.92 Å². The van der Waals surface area contributed by atoms with Gasteiger partial charge in [-0.05, 0) is 33.1 Å². The highest BCUT2D eigenvalue weighted by Gasteiger charge is 2.47. The van der Waals surface area contributed by atoms with E-state index in [4.69, 9.17) is 17.7 Å². The number of hydrogen-bond acceptors (Lipinski definition) is 4. The Morgan fingerprint density at radius 3 is 1.50 bits per heavy atom. The van der Waals surface area contributed by atoms with Crippen LogP contribution in [0.2, 0.25) is 0 Å². The monoisotopic (exact) mass is 278 g/mol. The van der Waals surface area contributed by atoms with Crippen molar-refractivity contribution in [2.45, 2.75) is 60.5 Å². The zero-order valence-corrected chi connectivity index (χ0v) is 13.8. The Hall–Kier alpha value is 0.0569. The van der Waals surface area contributed by atoms with Crippen LogP contribution in [0.25, 0.3) is 0 Å². The zero-order chi connectivity index (χ0) is 14.0. The second-order valence-electron chi connectivity index (χ2n) is 4.25. The minimum Gasteiger partial charge on any atom is -0.351 e. The predicted molar refractivity (Wildman–Crippen MR) is 75.3 cm³/mol. The van der Waals surface area contributed by atoms with Gasteiger partial charge < -0.3 is 17.7 Å². The molecule has 0 saturated carbocycles. The molecule has 0 aromatic carbocycles. The molecule has 0 spiro atoms. The Morgan fingerprint density at radius 2 is 1.22 bits per heavy atom. The predicted octanol–water partition coefficient (Wildman–Crippen LogP) is 3.37. The first-order chi connectivity index (χ1) is 8.59. The fraction of sp³-hybridized carbons (Fsp3) is 1.00. The van der Waals surface area contributed by atoms with Crippen molar-refractivity contribution >= 4 is 9.05 Å². The average Bonchev–Trinajstić information content (AvgIpc) is 2.36. The largest absolute Gasteiger partial charge is 0.679 e. The first-order valence-electron chi connectivity index (χ1n) is 7.18. The van der Waals surface area contributed by atoms with Gasteiger partial charge in [-0.15, -0.1) is 0 Å². The molecule has 0 aliphatic heterocycles. The Labute approximate surface area is 113 Å². The fourth-order valence-electron chi connectivity index (χ4n) is 1.81. The minimum absolute atomic E-state index is 0.131. The maximum atomic E-state index is 6.13. The summed E-state index contributed by atoms with van der Waals surface area (Å²) in [6.07, 6.45) is 2.15. The molecule has 4 nitrogen and oxygen atoms in total. The van der Waals surface area contributed by atoms with Crippen molar-refractivity contribution in [3.05, 3.63) is 0 Å². The molecule has 18 heavy (non-hydrogen) atoms. The summed E-state index contributed by atoms with van der Waals surface area (Å²) in [6.45, 7) is 13.9. The van der Waals surface area contributed by atoms with E-state index in [-0.39, 0.29) is 6.10 Å². The molecule has 0 saturated heterocycles.